The third-order valence-corrected chi connectivity index (χ3v) is 6.76. The van der Waals surface area contributed by atoms with Crippen LogP contribution in [-0.4, -0.2) is 62.7 Å². The van der Waals surface area contributed by atoms with Gasteiger partial charge in [0.25, 0.3) is 0 Å². The second-order valence-electron chi connectivity index (χ2n) is 10.1. The molecule has 2 atom stereocenters. The number of para-hydroxylation sites is 1. The maximum atomic E-state index is 13.7. The highest BCUT2D eigenvalue weighted by Crippen LogP contribution is 2.11. The van der Waals surface area contributed by atoms with Crippen molar-refractivity contribution in [1.29, 1.82) is 0 Å². The number of nitrogens with one attached hydrogen (secondary N) is 2. The van der Waals surface area contributed by atoms with E-state index in [1.165, 1.54) is 5.01 Å². The van der Waals surface area contributed by atoms with Gasteiger partial charge in [0, 0.05) is 6.42 Å². The van der Waals surface area contributed by atoms with E-state index in [9.17, 15) is 14.4 Å². The van der Waals surface area contributed by atoms with Crippen molar-refractivity contribution in [3.05, 3.63) is 114 Å². The molecule has 0 saturated heterocycles. The molecule has 4 rings (SSSR count). The fourth-order valence-corrected chi connectivity index (χ4v) is 4.41. The van der Waals surface area contributed by atoms with Crippen molar-refractivity contribution in [3.8, 4) is 5.69 Å². The molecule has 228 valence electrons. The fourth-order valence-electron chi connectivity index (χ4n) is 4.41. The summed E-state index contributed by atoms with van der Waals surface area (Å²) in [7, 11) is 0. The molecule has 0 radical (unpaired) electrons. The van der Waals surface area contributed by atoms with Crippen LogP contribution in [0, 0.1) is 0 Å². The van der Waals surface area contributed by atoms with Crippen LogP contribution in [0.3, 0.4) is 0 Å². The lowest BCUT2D eigenvalue weighted by molar-refractivity contribution is -0.128. The molecule has 0 fully saturated rings. The van der Waals surface area contributed by atoms with Crippen LogP contribution in [0.4, 0.5) is 4.79 Å². The largest absolute Gasteiger partial charge is 0.368 e. The molecule has 0 unspecified atom stereocenters. The van der Waals surface area contributed by atoms with E-state index in [0.717, 1.165) is 16.8 Å². The number of carbonyl (C=O) groups is 3. The molecule has 12 nitrogen and oxygen atoms in total. The molecule has 0 aliphatic carbocycles. The molecule has 3 aromatic carbocycles. The summed E-state index contributed by atoms with van der Waals surface area (Å²) in [5, 5.41) is 19.5. The highest BCUT2D eigenvalue weighted by molar-refractivity contribution is 5.91. The number of hydrogen-bond donors (Lipinski definition) is 4. The van der Waals surface area contributed by atoms with Gasteiger partial charge in [-0.05, 0) is 49.1 Å². The highest BCUT2D eigenvalue weighted by atomic mass is 16.2. The van der Waals surface area contributed by atoms with Crippen molar-refractivity contribution in [2.45, 2.75) is 44.3 Å². The van der Waals surface area contributed by atoms with Gasteiger partial charge in [-0.2, -0.15) is 5.10 Å². The van der Waals surface area contributed by atoms with E-state index in [2.05, 4.69) is 26.0 Å². The predicted molar refractivity (Wildman–Crippen MR) is 167 cm³/mol. The van der Waals surface area contributed by atoms with E-state index in [0.29, 0.717) is 31.5 Å². The Hall–Kier alpha value is -5.36. The topological polar surface area (TPSA) is 174 Å². The second-order valence-corrected chi connectivity index (χ2v) is 10.1. The first-order valence-electron chi connectivity index (χ1n) is 14.4. The van der Waals surface area contributed by atoms with Crippen molar-refractivity contribution < 1.29 is 14.4 Å². The Morgan fingerprint density at radius 1 is 0.886 bits per heavy atom. The molecule has 0 spiro atoms. The Labute approximate surface area is 256 Å². The van der Waals surface area contributed by atoms with E-state index in [4.69, 9.17) is 11.5 Å². The van der Waals surface area contributed by atoms with E-state index in [-0.39, 0.29) is 13.0 Å². The summed E-state index contributed by atoms with van der Waals surface area (Å²) in [6.45, 7) is 0.440. The minimum Gasteiger partial charge on any atom is -0.368 e. The van der Waals surface area contributed by atoms with E-state index >= 15 is 0 Å². The van der Waals surface area contributed by atoms with Crippen LogP contribution in [0.1, 0.15) is 36.1 Å². The maximum Gasteiger partial charge on any atom is 0.338 e. The lowest BCUT2D eigenvalue weighted by Crippen LogP contribution is -2.55. The summed E-state index contributed by atoms with van der Waals surface area (Å²) < 4.78 is 1.60. The summed E-state index contributed by atoms with van der Waals surface area (Å²) in [4.78, 5) is 39.4. The first-order chi connectivity index (χ1) is 21.4. The molecule has 12 heteroatoms. The number of hydrazone groups is 1. The third-order valence-electron chi connectivity index (χ3n) is 6.76. The number of benzene rings is 3. The highest BCUT2D eigenvalue weighted by Gasteiger charge is 2.28. The Morgan fingerprint density at radius 3 is 2.20 bits per heavy atom. The lowest BCUT2D eigenvalue weighted by atomic mass is 10.0. The molecule has 0 aliphatic heterocycles. The van der Waals surface area contributed by atoms with Crippen molar-refractivity contribution >= 4 is 24.1 Å². The summed E-state index contributed by atoms with van der Waals surface area (Å²) in [6, 6.07) is 25.5. The monoisotopic (exact) mass is 595 g/mol. The average Bonchev–Trinajstić information content (AvgIpc) is 3.52. The predicted octanol–water partition coefficient (Wildman–Crippen LogP) is 2.52. The molecule has 4 aromatic rings. The summed E-state index contributed by atoms with van der Waals surface area (Å²) >= 11 is 0. The van der Waals surface area contributed by atoms with Crippen LogP contribution in [0.2, 0.25) is 0 Å². The molecule has 44 heavy (non-hydrogen) atoms. The zero-order valence-electron chi connectivity index (χ0n) is 24.3. The van der Waals surface area contributed by atoms with Crippen molar-refractivity contribution in [2.75, 3.05) is 6.54 Å². The summed E-state index contributed by atoms with van der Waals surface area (Å²) in [6.07, 6.45) is 5.08. The lowest BCUT2D eigenvalue weighted by Gasteiger charge is -2.24. The van der Waals surface area contributed by atoms with Gasteiger partial charge in [0.2, 0.25) is 11.8 Å². The third kappa shape index (κ3) is 9.60. The fraction of sp³-hybridized carbons (Fsp3) is 0.250. The molecule has 6 N–H and O–H groups in total. The summed E-state index contributed by atoms with van der Waals surface area (Å²) in [5.41, 5.74) is 14.0. The molecule has 1 aromatic heterocycles. The first kappa shape index (κ1) is 31.6. The number of carbonyl (C=O) groups excluding carboxylic acids is 3. The van der Waals surface area contributed by atoms with Gasteiger partial charge >= 0.3 is 6.03 Å². The van der Waals surface area contributed by atoms with Crippen LogP contribution in [0.5, 0.6) is 0 Å². The number of rotatable bonds is 15. The number of amides is 4. The Morgan fingerprint density at radius 2 is 1.55 bits per heavy atom. The maximum absolute atomic E-state index is 13.7. The van der Waals surface area contributed by atoms with Gasteiger partial charge in [0.15, 0.2) is 0 Å². The standard InChI is InChI=1S/C32H37N9O3/c33-19-11-10-18-28(30(34)42)36-31(43)29(20-24-12-4-1-5-13-24)37-32(44)41(35-21-25-14-6-2-7-15-25)23-26-22-40(39-38-26)27-16-8-3-9-17-27/h1-9,12-17,21-22,28-29H,10-11,18-20,23,33H2,(H2,34,42)(H,36,43)(H,37,44)/b35-21+/t28-,29+/m0/s1. The van der Waals surface area contributed by atoms with Crippen molar-refractivity contribution in [2.24, 2.45) is 16.6 Å². The van der Waals surface area contributed by atoms with Crippen LogP contribution in [0.25, 0.3) is 5.69 Å². The number of unbranched alkanes of at least 4 members (excludes halogenated alkanes) is 1. The average molecular weight is 596 g/mol. The van der Waals surface area contributed by atoms with Gasteiger partial charge in [-0.15, -0.1) is 5.10 Å². The minimum atomic E-state index is -1.03. The van der Waals surface area contributed by atoms with Crippen LogP contribution < -0.4 is 22.1 Å². The number of nitrogens with zero attached hydrogens (tertiary/aromatic N) is 5. The molecule has 1 heterocycles. The number of nitrogens with two attached hydrogens (primary N) is 2. The SMILES string of the molecule is NCCCC[C@H](NC(=O)[C@@H](Cc1ccccc1)NC(=O)N(Cc1cn(-c2ccccc2)nn1)/N=C/c1ccccc1)C(N)=O. The van der Waals surface area contributed by atoms with Crippen molar-refractivity contribution in [3.63, 3.8) is 0 Å². The smallest absolute Gasteiger partial charge is 0.338 e. The molecular weight excluding hydrogens is 558 g/mol. The van der Waals surface area contributed by atoms with Gasteiger partial charge in [0.05, 0.1) is 24.6 Å². The van der Waals surface area contributed by atoms with Gasteiger partial charge < -0.3 is 22.1 Å². The number of urea groups is 1. The van der Waals surface area contributed by atoms with Gasteiger partial charge in [-0.3, -0.25) is 9.59 Å². The number of aromatic nitrogens is 3. The van der Waals surface area contributed by atoms with E-state index in [1.807, 2.05) is 91.0 Å². The Bertz CT molecular complexity index is 1510. The Kier molecular flexibility index (Phi) is 11.7. The normalized spacial score (nSPS) is 12.4. The summed E-state index contributed by atoms with van der Waals surface area (Å²) in [5.74, 6) is -1.20. The Balaban J connectivity index is 1.56. The molecule has 4 amide bonds. The number of primary amides is 1. The molecule has 0 saturated carbocycles. The van der Waals surface area contributed by atoms with E-state index < -0.39 is 29.9 Å². The van der Waals surface area contributed by atoms with Gasteiger partial charge in [-0.25, -0.2) is 14.5 Å². The first-order valence-corrected chi connectivity index (χ1v) is 14.4. The van der Waals surface area contributed by atoms with Gasteiger partial charge in [0.1, 0.15) is 17.8 Å². The quantitative estimate of drug-likeness (QED) is 0.0933. The minimum absolute atomic E-state index is 0.0231. The molecular formula is C32H37N9O3. The van der Waals surface area contributed by atoms with Crippen LogP contribution in [0.15, 0.2) is 102 Å². The van der Waals surface area contributed by atoms with Gasteiger partial charge in [-0.1, -0.05) is 84.1 Å². The van der Waals surface area contributed by atoms with E-state index in [1.54, 1.807) is 17.1 Å². The zero-order chi connectivity index (χ0) is 31.1. The second kappa shape index (κ2) is 16.3. The molecule has 0 bridgehead atoms. The zero-order valence-corrected chi connectivity index (χ0v) is 24.3. The molecule has 0 aliphatic rings. The number of hydrogen-bond acceptors (Lipinski definition) is 7. The van der Waals surface area contributed by atoms with Crippen LogP contribution >= 0.6 is 0 Å². The van der Waals surface area contributed by atoms with Crippen molar-refractivity contribution in [1.82, 2.24) is 30.6 Å². The van der Waals surface area contributed by atoms with Crippen LogP contribution in [-0.2, 0) is 22.6 Å².